The second kappa shape index (κ2) is 83.8. The van der Waals surface area contributed by atoms with E-state index in [0.29, 0.717) is 57.8 Å². The van der Waals surface area contributed by atoms with Crippen molar-refractivity contribution in [1.82, 2.24) is 10.6 Å². The van der Waals surface area contributed by atoms with Crippen molar-refractivity contribution >= 4 is 43.5 Å². The van der Waals surface area contributed by atoms with Gasteiger partial charge in [0.25, 0.3) is 0 Å². The lowest BCUT2D eigenvalue weighted by atomic mass is 10.0. The molecular formula is C96H185N2O21P. The van der Waals surface area contributed by atoms with Crippen molar-refractivity contribution in [3.8, 4) is 0 Å². The van der Waals surface area contributed by atoms with Crippen molar-refractivity contribution < 1.29 is 101 Å². The summed E-state index contributed by atoms with van der Waals surface area (Å²) in [6.07, 6.45) is 46.1. The first kappa shape index (κ1) is 117. The van der Waals surface area contributed by atoms with Gasteiger partial charge in [-0.05, 0) is 64.7 Å². The molecular weight excluding hydrogens is 1550 g/mol. The number of hydrogen-bond acceptors (Lipinski definition) is 19. The largest absolute Gasteiger partial charge is 0.469 e. The lowest BCUT2D eigenvalue weighted by molar-refractivity contribution is -0.258. The van der Waals surface area contributed by atoms with Crippen LogP contribution >= 0.6 is 7.82 Å². The van der Waals surface area contributed by atoms with Crippen molar-refractivity contribution in [3.05, 3.63) is 0 Å². The van der Waals surface area contributed by atoms with Gasteiger partial charge < -0.3 is 74.0 Å². The SMILES string of the molecule is CCCCCCCCCCCCCCCC(=O)O[C@H](CCCCCCCCCCC)CC(=O)NC(O)C(O)C(O)C(COC(OC(CO)[C@H](C)OP(=O)(O)O)[C@@H](NC(=O)C[C@@H](CCCCCCCCCCC)OC(=O)CCCCCCCCCCC)OC(=O)C[C@@H](CCCCCCCCCCC)OC(=O)CCCCCCCCCCCCC)OC. The number of carbonyl (C=O) groups excluding carboxylic acids is 6. The molecule has 6 unspecified atom stereocenters. The second-order valence-electron chi connectivity index (χ2n) is 34.8. The predicted molar refractivity (Wildman–Crippen MR) is 482 cm³/mol. The van der Waals surface area contributed by atoms with Crippen LogP contribution in [-0.2, 0) is 71.0 Å². The van der Waals surface area contributed by atoms with E-state index in [1.54, 1.807) is 0 Å². The first-order chi connectivity index (χ1) is 58.1. The highest BCUT2D eigenvalue weighted by Crippen LogP contribution is 2.39. The van der Waals surface area contributed by atoms with Crippen molar-refractivity contribution in [2.24, 2.45) is 0 Å². The van der Waals surface area contributed by atoms with Gasteiger partial charge in [0.05, 0.1) is 38.6 Å². The van der Waals surface area contributed by atoms with Gasteiger partial charge in [-0.2, -0.15) is 0 Å². The monoisotopic (exact) mass is 1730 g/mol. The number of phosphoric acid groups is 1. The summed E-state index contributed by atoms with van der Waals surface area (Å²) in [5, 5.41) is 51.0. The van der Waals surface area contributed by atoms with E-state index in [0.717, 1.165) is 180 Å². The van der Waals surface area contributed by atoms with E-state index in [1.165, 1.54) is 180 Å². The maximum atomic E-state index is 14.9. The smallest absolute Gasteiger partial charge is 0.462 e. The minimum absolute atomic E-state index is 0.130. The van der Waals surface area contributed by atoms with E-state index in [-0.39, 0.29) is 25.7 Å². The molecule has 710 valence electrons. The van der Waals surface area contributed by atoms with E-state index in [4.69, 9.17) is 37.7 Å². The highest BCUT2D eigenvalue weighted by molar-refractivity contribution is 7.46. The molecule has 0 saturated heterocycles. The van der Waals surface area contributed by atoms with Gasteiger partial charge in [0.1, 0.15) is 42.7 Å². The van der Waals surface area contributed by atoms with Crippen molar-refractivity contribution in [3.63, 3.8) is 0 Å². The molecule has 0 aromatic carbocycles. The van der Waals surface area contributed by atoms with Gasteiger partial charge >= 0.3 is 31.7 Å². The lowest BCUT2D eigenvalue weighted by Crippen LogP contribution is -2.55. The summed E-state index contributed by atoms with van der Waals surface area (Å²) in [4.78, 5) is 105. The zero-order valence-electron chi connectivity index (χ0n) is 77.8. The van der Waals surface area contributed by atoms with Crippen LogP contribution in [0.2, 0.25) is 0 Å². The van der Waals surface area contributed by atoms with Crippen LogP contribution in [0.4, 0.5) is 0 Å². The molecule has 120 heavy (non-hydrogen) atoms. The average molecular weight is 1730 g/mol. The Balaban J connectivity index is 7.44. The van der Waals surface area contributed by atoms with E-state index >= 15 is 0 Å². The number of amides is 2. The normalized spacial score (nSPS) is 14.6. The zero-order valence-corrected chi connectivity index (χ0v) is 78.7. The van der Waals surface area contributed by atoms with Gasteiger partial charge in [0.2, 0.25) is 24.3 Å². The van der Waals surface area contributed by atoms with E-state index in [1.807, 2.05) is 0 Å². The van der Waals surface area contributed by atoms with Crippen LogP contribution in [0.5, 0.6) is 0 Å². The number of aliphatic hydroxyl groups excluding tert-OH is 4. The summed E-state index contributed by atoms with van der Waals surface area (Å²) in [6.45, 7) is 12.5. The van der Waals surface area contributed by atoms with Gasteiger partial charge in [0, 0.05) is 26.4 Å². The molecule has 0 bridgehead atoms. The topological polar surface area (TPSA) is 339 Å². The summed E-state index contributed by atoms with van der Waals surface area (Å²) in [5.74, 6) is -3.97. The van der Waals surface area contributed by atoms with Crippen LogP contribution in [0.1, 0.15) is 492 Å². The second-order valence-corrected chi connectivity index (χ2v) is 36.0. The van der Waals surface area contributed by atoms with Crippen LogP contribution in [0.3, 0.4) is 0 Å². The van der Waals surface area contributed by atoms with Crippen LogP contribution in [0.15, 0.2) is 0 Å². The molecule has 0 heterocycles. The third kappa shape index (κ3) is 72.8. The Morgan fingerprint density at radius 2 is 0.600 bits per heavy atom. The molecule has 2 amide bonds. The van der Waals surface area contributed by atoms with E-state index in [9.17, 15) is 63.5 Å². The van der Waals surface area contributed by atoms with Gasteiger partial charge in [-0.3, -0.25) is 33.3 Å². The van der Waals surface area contributed by atoms with Gasteiger partial charge in [0.15, 0.2) is 6.23 Å². The van der Waals surface area contributed by atoms with E-state index in [2.05, 4.69) is 52.2 Å². The Morgan fingerprint density at radius 1 is 0.333 bits per heavy atom. The number of ether oxygens (including phenoxy) is 7. The van der Waals surface area contributed by atoms with Crippen LogP contribution in [0, 0.1) is 0 Å². The molecule has 11 atom stereocenters. The molecule has 0 aliphatic heterocycles. The zero-order chi connectivity index (χ0) is 88.6. The molecule has 8 N–H and O–H groups in total. The summed E-state index contributed by atoms with van der Waals surface area (Å²) in [5.41, 5.74) is 0. The van der Waals surface area contributed by atoms with E-state index < -0.39 is 137 Å². The highest BCUT2D eigenvalue weighted by atomic mass is 31.2. The fourth-order valence-corrected chi connectivity index (χ4v) is 16.1. The number of rotatable bonds is 92. The molecule has 0 aromatic rings. The predicted octanol–water partition coefficient (Wildman–Crippen LogP) is 23.1. The number of carbonyl (C=O) groups is 6. The summed E-state index contributed by atoms with van der Waals surface area (Å²) in [6, 6.07) is 0. The number of phosphoric ester groups is 1. The van der Waals surface area contributed by atoms with Crippen LogP contribution in [0.25, 0.3) is 0 Å². The molecule has 0 aliphatic carbocycles. The molecule has 0 radical (unpaired) electrons. The Kier molecular flexibility index (Phi) is 81.5. The minimum atomic E-state index is -5.29. The van der Waals surface area contributed by atoms with Crippen LogP contribution < -0.4 is 10.6 Å². The summed E-state index contributed by atoms with van der Waals surface area (Å²) < 4.78 is 59.9. The maximum Gasteiger partial charge on any atom is 0.469 e. The van der Waals surface area contributed by atoms with Gasteiger partial charge in [-0.1, -0.05) is 388 Å². The number of methoxy groups -OCH3 is 1. The first-order valence-electron chi connectivity index (χ1n) is 49.7. The molecule has 0 aromatic heterocycles. The average Bonchev–Trinajstić information content (AvgIpc) is 0.848. The number of esters is 4. The third-order valence-electron chi connectivity index (χ3n) is 23.2. The molecule has 0 spiro atoms. The Hall–Kier alpha value is -3.35. The minimum Gasteiger partial charge on any atom is -0.462 e. The molecule has 0 aliphatic rings. The van der Waals surface area contributed by atoms with Crippen molar-refractivity contribution in [2.75, 3.05) is 20.3 Å². The molecule has 23 nitrogen and oxygen atoms in total. The van der Waals surface area contributed by atoms with Crippen LogP contribution in [-0.4, -0.2) is 154 Å². The lowest BCUT2D eigenvalue weighted by Gasteiger charge is -2.34. The molecule has 24 heteroatoms. The standard InChI is InChI=1S/C96H185N2O21P/c1-9-15-21-27-33-39-41-42-44-50-56-61-67-72-88(102)114-81(69-63-57-51-45-35-29-23-17-11-3)75-86(100)97-94(108)93(107)92(106)85(112-8)79-113-96(117-84(78-99)80(7)119-120(109,110)111)95(98-87(101)76-82(70-64-58-52-46-36-30-24-18-12-4)115-89(103)73-66-60-54-48-38-32-26-20-14-6)118-91(105)77-83(71-65-59-53-47-37-31-25-19-13-5)116-90(104)74-68-62-55-49-43-40-34-28-22-16-10-2/h80-85,92-96,99,106-108H,9-79H2,1-8H3,(H,97,100)(H,98,101)(H2,109,110,111)/t80-,81+,82+,83+,84?,85?,92?,93?,94?,95-,96?/m0/s1. The Morgan fingerprint density at radius 3 is 0.875 bits per heavy atom. The molecule has 0 saturated carbocycles. The Labute approximate surface area is 731 Å². The number of nitrogens with one attached hydrogen (secondary N) is 2. The Bertz CT molecular complexity index is 2410. The molecule has 0 fully saturated rings. The highest BCUT2D eigenvalue weighted by Gasteiger charge is 2.40. The van der Waals surface area contributed by atoms with Gasteiger partial charge in [-0.25, -0.2) is 4.57 Å². The van der Waals surface area contributed by atoms with Gasteiger partial charge in [-0.15, -0.1) is 0 Å². The third-order valence-corrected chi connectivity index (χ3v) is 23.8. The maximum absolute atomic E-state index is 14.9. The first-order valence-corrected chi connectivity index (χ1v) is 51.2. The fraction of sp³-hybridized carbons (Fsp3) is 0.938. The van der Waals surface area contributed by atoms with Crippen molar-refractivity contribution in [2.45, 2.75) is 559 Å². The molecule has 0 rings (SSSR count). The number of hydrogen-bond donors (Lipinski definition) is 8. The number of aliphatic hydroxyl groups is 4. The van der Waals surface area contributed by atoms with Crippen molar-refractivity contribution in [1.29, 1.82) is 0 Å². The summed E-state index contributed by atoms with van der Waals surface area (Å²) in [7, 11) is -4.14. The quantitative estimate of drug-likeness (QED) is 0.00922. The fourth-order valence-electron chi connectivity index (χ4n) is 15.5. The summed E-state index contributed by atoms with van der Waals surface area (Å²) >= 11 is 0. The number of unbranched alkanes of at least 4 members (excludes halogenated alkanes) is 54.